The molecule has 0 amide bonds. The van der Waals surface area contributed by atoms with Gasteiger partial charge in [-0.3, -0.25) is 4.79 Å². The third-order valence-corrected chi connectivity index (χ3v) is 6.50. The minimum atomic E-state index is -2.85. The molecule has 0 spiro atoms. The minimum Gasteiger partial charge on any atom is -0.459 e. The van der Waals surface area contributed by atoms with E-state index in [0.717, 1.165) is 25.7 Å². The first kappa shape index (κ1) is 16.7. The number of sulfone groups is 1. The molecule has 1 saturated carbocycles. The Morgan fingerprint density at radius 1 is 1.19 bits per heavy atom. The predicted octanol–water partition coefficient (Wildman–Crippen LogP) is 1.62. The van der Waals surface area contributed by atoms with E-state index < -0.39 is 9.84 Å². The van der Waals surface area contributed by atoms with Crippen LogP contribution in [0.4, 0.5) is 0 Å². The Labute approximate surface area is 127 Å². The first-order chi connectivity index (χ1) is 9.83. The quantitative estimate of drug-likeness (QED) is 0.721. The first-order valence-corrected chi connectivity index (χ1v) is 9.80. The van der Waals surface area contributed by atoms with Gasteiger partial charge in [0, 0.05) is 19.6 Å². The van der Waals surface area contributed by atoms with Crippen LogP contribution in [0.1, 0.15) is 46.0 Å². The Morgan fingerprint density at radius 2 is 1.76 bits per heavy atom. The smallest absolute Gasteiger partial charge is 0.307 e. The van der Waals surface area contributed by atoms with Gasteiger partial charge in [-0.1, -0.05) is 13.8 Å². The molecule has 1 heterocycles. The largest absolute Gasteiger partial charge is 0.459 e. The molecule has 0 bridgehead atoms. The third-order valence-electron chi connectivity index (χ3n) is 4.89. The van der Waals surface area contributed by atoms with Gasteiger partial charge in [0.25, 0.3) is 0 Å². The molecule has 0 aromatic rings. The standard InChI is InChI=1S/C15H27NO4S/c1-13(2)15(6-3-4-7-15)20-14(17)5-8-16-9-11-21(18,19)12-10-16/h13H,3-12H2,1-2H3. The van der Waals surface area contributed by atoms with Gasteiger partial charge in [-0.2, -0.15) is 0 Å². The van der Waals surface area contributed by atoms with Gasteiger partial charge in [-0.15, -0.1) is 0 Å². The molecule has 0 aromatic heterocycles. The Hall–Kier alpha value is -0.620. The van der Waals surface area contributed by atoms with Gasteiger partial charge in [0.15, 0.2) is 9.84 Å². The lowest BCUT2D eigenvalue weighted by Crippen LogP contribution is -2.42. The average Bonchev–Trinajstić information content (AvgIpc) is 2.87. The maximum Gasteiger partial charge on any atom is 0.307 e. The van der Waals surface area contributed by atoms with Gasteiger partial charge in [0.05, 0.1) is 17.9 Å². The van der Waals surface area contributed by atoms with Crippen LogP contribution in [-0.2, 0) is 19.4 Å². The number of carbonyl (C=O) groups excluding carboxylic acids is 1. The van der Waals surface area contributed by atoms with Crippen LogP contribution in [0.15, 0.2) is 0 Å². The molecule has 0 aromatic carbocycles. The van der Waals surface area contributed by atoms with Crippen molar-refractivity contribution in [2.75, 3.05) is 31.1 Å². The molecule has 21 heavy (non-hydrogen) atoms. The van der Waals surface area contributed by atoms with Crippen molar-refractivity contribution >= 4 is 15.8 Å². The highest BCUT2D eigenvalue weighted by atomic mass is 32.2. The summed E-state index contributed by atoms with van der Waals surface area (Å²) in [7, 11) is -2.85. The van der Waals surface area contributed by atoms with E-state index in [1.807, 2.05) is 4.90 Å². The van der Waals surface area contributed by atoms with Crippen molar-refractivity contribution in [1.29, 1.82) is 0 Å². The number of hydrogen-bond acceptors (Lipinski definition) is 5. The van der Waals surface area contributed by atoms with Gasteiger partial charge in [-0.25, -0.2) is 8.42 Å². The second-order valence-corrected chi connectivity index (χ2v) is 8.95. The van der Waals surface area contributed by atoms with Gasteiger partial charge in [0.1, 0.15) is 5.60 Å². The normalized spacial score (nSPS) is 25.1. The number of ether oxygens (including phenoxy) is 1. The summed E-state index contributed by atoms with van der Waals surface area (Å²) in [4.78, 5) is 14.2. The number of nitrogens with zero attached hydrogens (tertiary/aromatic N) is 1. The molecular formula is C15H27NO4S. The molecule has 5 nitrogen and oxygen atoms in total. The molecule has 0 atom stereocenters. The Morgan fingerprint density at radius 3 is 2.29 bits per heavy atom. The zero-order chi connectivity index (χ0) is 15.5. The van der Waals surface area contributed by atoms with Crippen LogP contribution in [0.25, 0.3) is 0 Å². The molecule has 0 N–H and O–H groups in total. The average molecular weight is 317 g/mol. The van der Waals surface area contributed by atoms with E-state index in [9.17, 15) is 13.2 Å². The maximum absolute atomic E-state index is 12.1. The zero-order valence-corrected chi connectivity index (χ0v) is 14.0. The lowest BCUT2D eigenvalue weighted by atomic mass is 9.88. The summed E-state index contributed by atoms with van der Waals surface area (Å²) in [5.41, 5.74) is -0.262. The van der Waals surface area contributed by atoms with Crippen LogP contribution in [0, 0.1) is 5.92 Å². The van der Waals surface area contributed by atoms with Crippen LogP contribution in [0.3, 0.4) is 0 Å². The summed E-state index contributed by atoms with van der Waals surface area (Å²) in [6.45, 7) is 5.90. The van der Waals surface area contributed by atoms with Crippen molar-refractivity contribution in [2.45, 2.75) is 51.6 Å². The molecule has 2 fully saturated rings. The summed E-state index contributed by atoms with van der Waals surface area (Å²) in [6.07, 6.45) is 4.57. The van der Waals surface area contributed by atoms with E-state index in [1.165, 1.54) is 0 Å². The van der Waals surface area contributed by atoms with E-state index >= 15 is 0 Å². The lowest BCUT2D eigenvalue weighted by Gasteiger charge is -2.33. The van der Waals surface area contributed by atoms with Crippen LogP contribution in [0.5, 0.6) is 0 Å². The Bertz CT molecular complexity index is 452. The van der Waals surface area contributed by atoms with Crippen molar-refractivity contribution in [2.24, 2.45) is 5.92 Å². The number of rotatable bonds is 5. The van der Waals surface area contributed by atoms with Crippen molar-refractivity contribution in [3.05, 3.63) is 0 Å². The summed E-state index contributed by atoms with van der Waals surface area (Å²) in [5.74, 6) is 0.624. The molecule has 1 saturated heterocycles. The molecule has 0 unspecified atom stereocenters. The Kier molecular flexibility index (Phi) is 5.30. The summed E-state index contributed by atoms with van der Waals surface area (Å²) in [5, 5.41) is 0. The second kappa shape index (κ2) is 6.65. The summed E-state index contributed by atoms with van der Waals surface area (Å²) in [6, 6.07) is 0. The topological polar surface area (TPSA) is 63.7 Å². The summed E-state index contributed by atoms with van der Waals surface area (Å²) >= 11 is 0. The van der Waals surface area contributed by atoms with E-state index in [2.05, 4.69) is 13.8 Å². The molecule has 0 radical (unpaired) electrons. The fourth-order valence-electron chi connectivity index (χ4n) is 3.27. The van der Waals surface area contributed by atoms with Crippen molar-refractivity contribution in [1.82, 2.24) is 4.90 Å². The summed E-state index contributed by atoms with van der Waals surface area (Å²) < 4.78 is 28.5. The van der Waals surface area contributed by atoms with E-state index in [1.54, 1.807) is 0 Å². The molecule has 6 heteroatoms. The van der Waals surface area contributed by atoms with Gasteiger partial charge in [-0.05, 0) is 31.6 Å². The first-order valence-electron chi connectivity index (χ1n) is 7.98. The van der Waals surface area contributed by atoms with Crippen LogP contribution >= 0.6 is 0 Å². The van der Waals surface area contributed by atoms with Crippen molar-refractivity contribution in [3.63, 3.8) is 0 Å². The molecule has 2 aliphatic rings. The number of carbonyl (C=O) groups is 1. The highest BCUT2D eigenvalue weighted by Gasteiger charge is 2.40. The Balaban J connectivity index is 1.77. The number of esters is 1. The molecule has 122 valence electrons. The third kappa shape index (κ3) is 4.42. The van der Waals surface area contributed by atoms with E-state index in [-0.39, 0.29) is 23.1 Å². The van der Waals surface area contributed by atoms with Gasteiger partial charge < -0.3 is 9.64 Å². The van der Waals surface area contributed by atoms with Crippen molar-refractivity contribution in [3.8, 4) is 0 Å². The van der Waals surface area contributed by atoms with Gasteiger partial charge in [0.2, 0.25) is 0 Å². The molecular weight excluding hydrogens is 290 g/mol. The minimum absolute atomic E-state index is 0.140. The highest BCUT2D eigenvalue weighted by molar-refractivity contribution is 7.91. The van der Waals surface area contributed by atoms with Crippen LogP contribution < -0.4 is 0 Å². The van der Waals surface area contributed by atoms with Crippen LogP contribution in [-0.4, -0.2) is 56.0 Å². The predicted molar refractivity (Wildman–Crippen MR) is 81.8 cm³/mol. The van der Waals surface area contributed by atoms with E-state index in [0.29, 0.717) is 32.0 Å². The van der Waals surface area contributed by atoms with Crippen molar-refractivity contribution < 1.29 is 17.9 Å². The highest BCUT2D eigenvalue weighted by Crippen LogP contribution is 2.39. The van der Waals surface area contributed by atoms with Gasteiger partial charge >= 0.3 is 5.97 Å². The fraction of sp³-hybridized carbons (Fsp3) is 0.933. The lowest BCUT2D eigenvalue weighted by molar-refractivity contribution is -0.164. The SMILES string of the molecule is CC(C)C1(OC(=O)CCN2CCS(=O)(=O)CC2)CCCC1. The van der Waals surface area contributed by atoms with E-state index in [4.69, 9.17) is 4.74 Å². The monoisotopic (exact) mass is 317 g/mol. The molecule has 2 rings (SSSR count). The maximum atomic E-state index is 12.1. The zero-order valence-electron chi connectivity index (χ0n) is 13.1. The second-order valence-electron chi connectivity index (χ2n) is 6.64. The van der Waals surface area contributed by atoms with Crippen LogP contribution in [0.2, 0.25) is 0 Å². The molecule has 1 aliphatic heterocycles. The molecule has 1 aliphatic carbocycles. The number of hydrogen-bond donors (Lipinski definition) is 0. The fourth-order valence-corrected chi connectivity index (χ4v) is 4.55.